The highest BCUT2D eigenvalue weighted by Crippen LogP contribution is 2.06. The summed E-state index contributed by atoms with van der Waals surface area (Å²) in [5, 5.41) is 7.41. The lowest BCUT2D eigenvalue weighted by Crippen LogP contribution is -1.85. The van der Waals surface area contributed by atoms with Gasteiger partial charge >= 0.3 is 0 Å². The first-order valence-electron chi connectivity index (χ1n) is 2.67. The van der Waals surface area contributed by atoms with Gasteiger partial charge in [-0.05, 0) is 15.9 Å². The molecule has 0 fully saturated rings. The van der Waals surface area contributed by atoms with E-state index in [0.29, 0.717) is 5.78 Å². The molecule has 0 aliphatic rings. The Morgan fingerprint density at radius 2 is 2.40 bits per heavy atom. The molecule has 0 unspecified atom stereocenters. The zero-order chi connectivity index (χ0) is 6.97. The molecule has 0 saturated heterocycles. The monoisotopic (exact) mass is 198 g/mol. The van der Waals surface area contributed by atoms with Crippen LogP contribution in [0.25, 0.3) is 5.78 Å². The Kier molecular flexibility index (Phi) is 1.17. The molecule has 0 atom stereocenters. The van der Waals surface area contributed by atoms with Gasteiger partial charge in [0.05, 0.1) is 4.47 Å². The fourth-order valence-corrected chi connectivity index (χ4v) is 1.03. The minimum atomic E-state index is 0.614. The quantitative estimate of drug-likeness (QED) is 0.632. The molecule has 5 heteroatoms. The number of halogens is 1. The number of nitrogens with zero attached hydrogens (tertiary/aromatic N) is 4. The Hall–Kier alpha value is -0.970. The number of aromatic nitrogens is 4. The van der Waals surface area contributed by atoms with E-state index in [-0.39, 0.29) is 0 Å². The van der Waals surface area contributed by atoms with Crippen LogP contribution in [-0.2, 0) is 0 Å². The van der Waals surface area contributed by atoms with Gasteiger partial charge in [0.2, 0.25) is 0 Å². The molecule has 0 aliphatic heterocycles. The largest absolute Gasteiger partial charge is 0.272 e. The molecule has 0 N–H and O–H groups in total. The van der Waals surface area contributed by atoms with E-state index >= 15 is 0 Å². The molecule has 2 rings (SSSR count). The van der Waals surface area contributed by atoms with Gasteiger partial charge in [0.25, 0.3) is 5.78 Å². The summed E-state index contributed by atoms with van der Waals surface area (Å²) in [5.41, 5.74) is 0. The fourth-order valence-electron chi connectivity index (χ4n) is 0.706. The Labute approximate surface area is 65.0 Å². The molecule has 10 heavy (non-hydrogen) atoms. The maximum Gasteiger partial charge on any atom is 0.254 e. The molecule has 0 amide bonds. The first-order chi connectivity index (χ1) is 4.86. The van der Waals surface area contributed by atoms with E-state index in [0.717, 1.165) is 4.47 Å². The lowest BCUT2D eigenvalue weighted by atomic mass is 10.7. The third-order valence-corrected chi connectivity index (χ3v) is 1.53. The molecule has 0 bridgehead atoms. The predicted octanol–water partition coefficient (Wildman–Crippen LogP) is 0.887. The summed E-state index contributed by atoms with van der Waals surface area (Å²) in [6.45, 7) is 0. The van der Waals surface area contributed by atoms with Crippen molar-refractivity contribution in [3.63, 3.8) is 0 Å². The second-order valence-electron chi connectivity index (χ2n) is 1.81. The lowest BCUT2D eigenvalue weighted by molar-refractivity contribution is 1.09. The van der Waals surface area contributed by atoms with Crippen molar-refractivity contribution in [1.29, 1.82) is 0 Å². The van der Waals surface area contributed by atoms with Crippen molar-refractivity contribution in [3.05, 3.63) is 23.2 Å². The normalized spacial score (nSPS) is 10.5. The van der Waals surface area contributed by atoms with E-state index in [2.05, 4.69) is 31.1 Å². The van der Waals surface area contributed by atoms with E-state index in [1.165, 1.54) is 0 Å². The van der Waals surface area contributed by atoms with E-state index in [1.54, 1.807) is 16.9 Å². The molecule has 4 nitrogen and oxygen atoms in total. The van der Waals surface area contributed by atoms with Gasteiger partial charge in [0.1, 0.15) is 6.33 Å². The zero-order valence-corrected chi connectivity index (χ0v) is 6.48. The van der Waals surface area contributed by atoms with Crippen LogP contribution in [0.15, 0.2) is 23.2 Å². The Balaban J connectivity index is 2.86. The first-order valence-corrected chi connectivity index (χ1v) is 3.46. The van der Waals surface area contributed by atoms with E-state index in [1.807, 2.05) is 6.20 Å². The van der Waals surface area contributed by atoms with Crippen LogP contribution >= 0.6 is 15.9 Å². The average Bonchev–Trinajstić information content (AvgIpc) is 2.33. The molecule has 2 aromatic rings. The maximum atomic E-state index is 3.98. The number of fused-ring (bicyclic) bond motifs is 1. The molecular formula is C5H3BrN4. The van der Waals surface area contributed by atoms with Gasteiger partial charge in [-0.25, -0.2) is 4.98 Å². The van der Waals surface area contributed by atoms with Crippen LogP contribution < -0.4 is 0 Å². The summed E-state index contributed by atoms with van der Waals surface area (Å²) in [6.07, 6.45) is 5.14. The standard InChI is InChI=1S/C5H3BrN4/c6-4-1-7-5-9-8-3-10(5)2-4/h1-3H. The topological polar surface area (TPSA) is 43.1 Å². The van der Waals surface area contributed by atoms with Gasteiger partial charge in [0, 0.05) is 12.4 Å². The van der Waals surface area contributed by atoms with Crippen molar-refractivity contribution < 1.29 is 0 Å². The molecule has 0 spiro atoms. The minimum Gasteiger partial charge on any atom is -0.272 e. The predicted molar refractivity (Wildman–Crippen MR) is 38.5 cm³/mol. The molecule has 2 heterocycles. The Morgan fingerprint density at radius 3 is 3.30 bits per heavy atom. The van der Waals surface area contributed by atoms with Gasteiger partial charge in [-0.1, -0.05) is 0 Å². The smallest absolute Gasteiger partial charge is 0.254 e. The van der Waals surface area contributed by atoms with Crippen molar-refractivity contribution in [1.82, 2.24) is 19.6 Å². The Morgan fingerprint density at radius 1 is 1.50 bits per heavy atom. The van der Waals surface area contributed by atoms with Crippen LogP contribution in [0.4, 0.5) is 0 Å². The number of rotatable bonds is 0. The van der Waals surface area contributed by atoms with Gasteiger partial charge in [-0.2, -0.15) is 0 Å². The van der Waals surface area contributed by atoms with Gasteiger partial charge in [-0.15, -0.1) is 10.2 Å². The number of hydrogen-bond acceptors (Lipinski definition) is 3. The molecule has 0 radical (unpaired) electrons. The number of hydrogen-bond donors (Lipinski definition) is 0. The van der Waals surface area contributed by atoms with Crippen molar-refractivity contribution in [3.8, 4) is 0 Å². The first kappa shape index (κ1) is 5.79. The van der Waals surface area contributed by atoms with Crippen LogP contribution in [0.1, 0.15) is 0 Å². The summed E-state index contributed by atoms with van der Waals surface area (Å²) in [6, 6.07) is 0. The van der Waals surface area contributed by atoms with E-state index in [9.17, 15) is 0 Å². The highest BCUT2D eigenvalue weighted by molar-refractivity contribution is 9.10. The summed E-state index contributed by atoms with van der Waals surface area (Å²) in [4.78, 5) is 3.98. The Bertz CT molecular complexity index is 355. The van der Waals surface area contributed by atoms with Gasteiger partial charge in [-0.3, -0.25) is 4.40 Å². The third-order valence-electron chi connectivity index (χ3n) is 1.12. The van der Waals surface area contributed by atoms with Crippen LogP contribution in [0.3, 0.4) is 0 Å². The lowest BCUT2D eigenvalue weighted by Gasteiger charge is -1.89. The third kappa shape index (κ3) is 0.786. The van der Waals surface area contributed by atoms with Crippen molar-refractivity contribution in [2.75, 3.05) is 0 Å². The van der Waals surface area contributed by atoms with Gasteiger partial charge < -0.3 is 0 Å². The molecule has 2 aromatic heterocycles. The molecule has 0 aromatic carbocycles. The van der Waals surface area contributed by atoms with Crippen molar-refractivity contribution in [2.45, 2.75) is 0 Å². The van der Waals surface area contributed by atoms with Crippen LogP contribution in [-0.4, -0.2) is 19.6 Å². The molecule has 50 valence electrons. The summed E-state index contributed by atoms with van der Waals surface area (Å²) < 4.78 is 2.66. The fraction of sp³-hybridized carbons (Fsp3) is 0. The SMILES string of the molecule is Brc1cnc2nncn2c1. The van der Waals surface area contributed by atoms with Crippen molar-refractivity contribution >= 4 is 21.7 Å². The second kappa shape index (κ2) is 2.02. The van der Waals surface area contributed by atoms with Gasteiger partial charge in [0.15, 0.2) is 0 Å². The average molecular weight is 199 g/mol. The zero-order valence-electron chi connectivity index (χ0n) is 4.90. The van der Waals surface area contributed by atoms with E-state index in [4.69, 9.17) is 0 Å². The second-order valence-corrected chi connectivity index (χ2v) is 2.73. The van der Waals surface area contributed by atoms with Crippen LogP contribution in [0.5, 0.6) is 0 Å². The minimum absolute atomic E-state index is 0.614. The summed E-state index contributed by atoms with van der Waals surface area (Å²) in [7, 11) is 0. The molecular weight excluding hydrogens is 196 g/mol. The summed E-state index contributed by atoms with van der Waals surface area (Å²) in [5.74, 6) is 0.614. The molecule has 0 aliphatic carbocycles. The van der Waals surface area contributed by atoms with E-state index < -0.39 is 0 Å². The highest BCUT2D eigenvalue weighted by atomic mass is 79.9. The maximum absolute atomic E-state index is 3.98. The highest BCUT2D eigenvalue weighted by Gasteiger charge is 1.93. The molecule has 0 saturated carbocycles. The summed E-state index contributed by atoms with van der Waals surface area (Å²) >= 11 is 3.28. The van der Waals surface area contributed by atoms with Crippen molar-refractivity contribution in [2.24, 2.45) is 0 Å². The van der Waals surface area contributed by atoms with Crippen LogP contribution in [0.2, 0.25) is 0 Å². The van der Waals surface area contributed by atoms with Crippen LogP contribution in [0, 0.1) is 0 Å².